The fraction of sp³-hybridized carbons (Fsp3) is 0.350. The molecular weight excluding hydrogens is 384 g/mol. The van der Waals surface area contributed by atoms with E-state index in [1.807, 2.05) is 27.7 Å². The van der Waals surface area contributed by atoms with Crippen LogP contribution in [-0.2, 0) is 14.8 Å². The van der Waals surface area contributed by atoms with Gasteiger partial charge < -0.3 is 5.32 Å². The van der Waals surface area contributed by atoms with Crippen LogP contribution in [0.4, 0.5) is 5.69 Å². The van der Waals surface area contributed by atoms with Crippen LogP contribution in [0.15, 0.2) is 47.4 Å². The van der Waals surface area contributed by atoms with Crippen molar-refractivity contribution in [3.8, 4) is 0 Å². The Labute approximate surface area is 166 Å². The molecular formula is C20H25ClN2O3S. The quantitative estimate of drug-likeness (QED) is 0.717. The highest BCUT2D eigenvalue weighted by Crippen LogP contribution is 2.22. The molecule has 0 saturated carbocycles. The van der Waals surface area contributed by atoms with E-state index in [0.717, 1.165) is 11.1 Å². The van der Waals surface area contributed by atoms with Crippen LogP contribution in [0.5, 0.6) is 0 Å². The third-order valence-corrected chi connectivity index (χ3v) is 6.26. The second-order valence-electron chi connectivity index (χ2n) is 6.75. The van der Waals surface area contributed by atoms with Crippen LogP contribution in [0.3, 0.4) is 0 Å². The van der Waals surface area contributed by atoms with Crippen LogP contribution in [0.25, 0.3) is 0 Å². The molecule has 0 radical (unpaired) electrons. The van der Waals surface area contributed by atoms with Crippen LogP contribution < -0.4 is 10.0 Å². The molecule has 7 heteroatoms. The molecule has 27 heavy (non-hydrogen) atoms. The average molecular weight is 409 g/mol. The molecule has 2 aromatic rings. The van der Waals surface area contributed by atoms with Crippen molar-refractivity contribution in [2.75, 3.05) is 5.32 Å². The van der Waals surface area contributed by atoms with E-state index in [1.54, 1.807) is 30.3 Å². The summed E-state index contributed by atoms with van der Waals surface area (Å²) in [4.78, 5) is 13.0. The molecule has 2 atom stereocenters. The van der Waals surface area contributed by atoms with Crippen LogP contribution in [0.2, 0.25) is 5.02 Å². The molecule has 0 spiro atoms. The van der Waals surface area contributed by atoms with E-state index < -0.39 is 22.0 Å². The van der Waals surface area contributed by atoms with Gasteiger partial charge in [0.15, 0.2) is 0 Å². The molecule has 0 bridgehead atoms. The molecule has 2 N–H and O–H groups in total. The Hall–Kier alpha value is -1.89. The van der Waals surface area contributed by atoms with Crippen molar-refractivity contribution in [3.05, 3.63) is 58.6 Å². The van der Waals surface area contributed by atoms with Crippen LogP contribution in [0.1, 0.15) is 31.4 Å². The van der Waals surface area contributed by atoms with E-state index in [2.05, 4.69) is 10.0 Å². The first-order valence-electron chi connectivity index (χ1n) is 8.80. The van der Waals surface area contributed by atoms with Crippen molar-refractivity contribution < 1.29 is 13.2 Å². The van der Waals surface area contributed by atoms with Crippen molar-refractivity contribution in [2.24, 2.45) is 5.92 Å². The number of benzene rings is 2. The van der Waals surface area contributed by atoms with E-state index in [0.29, 0.717) is 17.1 Å². The van der Waals surface area contributed by atoms with Gasteiger partial charge in [0.25, 0.3) is 0 Å². The molecule has 0 heterocycles. The summed E-state index contributed by atoms with van der Waals surface area (Å²) < 4.78 is 28.0. The molecule has 2 aromatic carbocycles. The molecule has 0 aromatic heterocycles. The molecule has 5 nitrogen and oxygen atoms in total. The number of anilines is 1. The minimum atomic E-state index is -3.82. The normalized spacial score (nSPS) is 13.8. The zero-order valence-corrected chi connectivity index (χ0v) is 17.5. The number of rotatable bonds is 7. The monoisotopic (exact) mass is 408 g/mol. The summed E-state index contributed by atoms with van der Waals surface area (Å²) in [5, 5.41) is 3.30. The molecule has 2 unspecified atom stereocenters. The second-order valence-corrected chi connectivity index (χ2v) is 8.90. The summed E-state index contributed by atoms with van der Waals surface area (Å²) in [6.45, 7) is 7.48. The van der Waals surface area contributed by atoms with Crippen molar-refractivity contribution in [1.82, 2.24) is 4.72 Å². The fourth-order valence-electron chi connectivity index (χ4n) is 2.56. The fourth-order valence-corrected chi connectivity index (χ4v) is 4.03. The first kappa shape index (κ1) is 21.4. The van der Waals surface area contributed by atoms with E-state index >= 15 is 0 Å². The maximum absolute atomic E-state index is 12.9. The Kier molecular flexibility index (Phi) is 7.03. The number of nitrogens with one attached hydrogen (secondary N) is 2. The van der Waals surface area contributed by atoms with Gasteiger partial charge in [-0.05, 0) is 49.6 Å². The third-order valence-electron chi connectivity index (χ3n) is 4.57. The molecule has 0 aliphatic rings. The highest BCUT2D eigenvalue weighted by molar-refractivity contribution is 7.89. The highest BCUT2D eigenvalue weighted by atomic mass is 35.5. The SMILES string of the molecule is CCC(C)C(NS(=O)(=O)c1ccc(C)cc1)C(=O)Nc1cc(Cl)ccc1C. The lowest BCUT2D eigenvalue weighted by Gasteiger charge is -2.24. The van der Waals surface area contributed by atoms with Crippen molar-refractivity contribution >= 4 is 33.2 Å². The minimum absolute atomic E-state index is 0.133. The van der Waals surface area contributed by atoms with E-state index in [9.17, 15) is 13.2 Å². The van der Waals surface area contributed by atoms with Crippen molar-refractivity contribution in [3.63, 3.8) is 0 Å². The summed E-state index contributed by atoms with van der Waals surface area (Å²) >= 11 is 6.01. The zero-order chi connectivity index (χ0) is 20.2. The van der Waals surface area contributed by atoms with Crippen molar-refractivity contribution in [2.45, 2.75) is 45.1 Å². The number of hydrogen-bond donors (Lipinski definition) is 2. The Bertz CT molecular complexity index is 911. The standard InChI is InChI=1S/C20H25ClN2O3S/c1-5-14(3)19(20(24)22-18-12-16(21)9-8-15(18)4)23-27(25,26)17-10-6-13(2)7-11-17/h6-12,14,19,23H,5H2,1-4H3,(H,22,24). The maximum Gasteiger partial charge on any atom is 0.242 e. The van der Waals surface area contributed by atoms with E-state index in [4.69, 9.17) is 11.6 Å². The van der Waals surface area contributed by atoms with Gasteiger partial charge in [0, 0.05) is 10.7 Å². The summed E-state index contributed by atoms with van der Waals surface area (Å²) in [5.41, 5.74) is 2.37. The van der Waals surface area contributed by atoms with Gasteiger partial charge in [0.05, 0.1) is 4.90 Å². The van der Waals surface area contributed by atoms with Crippen LogP contribution >= 0.6 is 11.6 Å². The Morgan fingerprint density at radius 1 is 1.11 bits per heavy atom. The average Bonchev–Trinajstić information content (AvgIpc) is 2.62. The number of halogens is 1. The highest BCUT2D eigenvalue weighted by Gasteiger charge is 2.30. The summed E-state index contributed by atoms with van der Waals surface area (Å²) in [7, 11) is -3.82. The van der Waals surface area contributed by atoms with Crippen LogP contribution in [-0.4, -0.2) is 20.4 Å². The smallest absolute Gasteiger partial charge is 0.242 e. The van der Waals surface area contributed by atoms with Gasteiger partial charge in [-0.25, -0.2) is 8.42 Å². The van der Waals surface area contributed by atoms with Gasteiger partial charge in [-0.2, -0.15) is 4.72 Å². The third kappa shape index (κ3) is 5.54. The van der Waals surface area contributed by atoms with Gasteiger partial charge in [-0.1, -0.05) is 55.6 Å². The Morgan fingerprint density at radius 2 is 1.74 bits per heavy atom. The Morgan fingerprint density at radius 3 is 2.33 bits per heavy atom. The molecule has 0 aliphatic heterocycles. The van der Waals surface area contributed by atoms with Gasteiger partial charge in [0.2, 0.25) is 15.9 Å². The Balaban J connectivity index is 2.27. The lowest BCUT2D eigenvalue weighted by molar-refractivity contribution is -0.118. The predicted octanol–water partition coefficient (Wildman–Crippen LogP) is 4.29. The van der Waals surface area contributed by atoms with Gasteiger partial charge in [-0.3, -0.25) is 4.79 Å². The van der Waals surface area contributed by atoms with Crippen molar-refractivity contribution in [1.29, 1.82) is 0 Å². The van der Waals surface area contributed by atoms with Gasteiger partial charge >= 0.3 is 0 Å². The molecule has 146 valence electrons. The predicted molar refractivity (Wildman–Crippen MR) is 110 cm³/mol. The molecule has 1 amide bonds. The second kappa shape index (κ2) is 8.87. The van der Waals surface area contributed by atoms with E-state index in [-0.39, 0.29) is 10.8 Å². The summed E-state index contributed by atoms with van der Waals surface area (Å²) in [5.74, 6) is -0.602. The lowest BCUT2D eigenvalue weighted by Crippen LogP contribution is -2.47. The van der Waals surface area contributed by atoms with E-state index in [1.165, 1.54) is 12.1 Å². The first-order chi connectivity index (χ1) is 12.6. The minimum Gasteiger partial charge on any atom is -0.324 e. The van der Waals surface area contributed by atoms with Gasteiger partial charge in [-0.15, -0.1) is 0 Å². The first-order valence-corrected chi connectivity index (χ1v) is 10.7. The molecule has 0 aliphatic carbocycles. The molecule has 0 saturated heterocycles. The summed E-state index contributed by atoms with van der Waals surface area (Å²) in [6, 6.07) is 10.8. The number of sulfonamides is 1. The number of aryl methyl sites for hydroxylation is 2. The number of hydrogen-bond acceptors (Lipinski definition) is 3. The zero-order valence-electron chi connectivity index (χ0n) is 15.9. The van der Waals surface area contributed by atoms with Gasteiger partial charge in [0.1, 0.15) is 6.04 Å². The number of amides is 1. The lowest BCUT2D eigenvalue weighted by atomic mass is 9.99. The number of carbonyl (C=O) groups excluding carboxylic acids is 1. The van der Waals surface area contributed by atoms with Crippen LogP contribution in [0, 0.1) is 19.8 Å². The summed E-state index contributed by atoms with van der Waals surface area (Å²) in [6.07, 6.45) is 0.642. The maximum atomic E-state index is 12.9. The molecule has 0 fully saturated rings. The molecule has 2 rings (SSSR count). The topological polar surface area (TPSA) is 75.3 Å². The largest absolute Gasteiger partial charge is 0.324 e. The number of carbonyl (C=O) groups is 1.